The molecule has 2 atom stereocenters. The van der Waals surface area contributed by atoms with Gasteiger partial charge in [-0.2, -0.15) is 0 Å². The predicted molar refractivity (Wildman–Crippen MR) is 54.8 cm³/mol. The molecule has 0 bridgehead atoms. The highest BCUT2D eigenvalue weighted by molar-refractivity contribution is 5.79. The van der Waals surface area contributed by atoms with Gasteiger partial charge in [-0.15, -0.1) is 0 Å². The molecule has 0 aromatic rings. The third-order valence-electron chi connectivity index (χ3n) is 2.86. The summed E-state index contributed by atoms with van der Waals surface area (Å²) in [5, 5.41) is 0. The topological polar surface area (TPSA) is 55.6 Å². The molecule has 0 spiro atoms. The monoisotopic (exact) mass is 200 g/mol. The summed E-state index contributed by atoms with van der Waals surface area (Å²) >= 11 is 0. The van der Waals surface area contributed by atoms with Crippen LogP contribution < -0.4 is 5.73 Å². The Balaban J connectivity index is 2.46. The summed E-state index contributed by atoms with van der Waals surface area (Å²) in [6, 6.07) is 0.115. The molecular weight excluding hydrogens is 180 g/mol. The van der Waals surface area contributed by atoms with E-state index in [1.807, 2.05) is 14.0 Å². The molecule has 82 valence electrons. The van der Waals surface area contributed by atoms with Crippen molar-refractivity contribution in [1.29, 1.82) is 0 Å². The van der Waals surface area contributed by atoms with Gasteiger partial charge in [0.2, 0.25) is 5.91 Å². The van der Waals surface area contributed by atoms with Gasteiger partial charge < -0.3 is 15.4 Å². The van der Waals surface area contributed by atoms with E-state index in [1.54, 1.807) is 4.90 Å². The highest BCUT2D eigenvalue weighted by Gasteiger charge is 2.26. The summed E-state index contributed by atoms with van der Waals surface area (Å²) in [7, 11) is 1.81. The highest BCUT2D eigenvalue weighted by atomic mass is 16.5. The maximum atomic E-state index is 11.9. The van der Waals surface area contributed by atoms with Crippen LogP contribution in [0.25, 0.3) is 0 Å². The summed E-state index contributed by atoms with van der Waals surface area (Å²) in [5.41, 5.74) is 5.52. The van der Waals surface area contributed by atoms with Gasteiger partial charge in [-0.05, 0) is 19.8 Å². The van der Waals surface area contributed by atoms with Crippen molar-refractivity contribution in [2.75, 3.05) is 26.8 Å². The molecule has 0 aromatic heterocycles. The van der Waals surface area contributed by atoms with Gasteiger partial charge >= 0.3 is 0 Å². The van der Waals surface area contributed by atoms with Crippen LogP contribution in [-0.2, 0) is 9.53 Å². The van der Waals surface area contributed by atoms with Gasteiger partial charge in [0.25, 0.3) is 0 Å². The summed E-state index contributed by atoms with van der Waals surface area (Å²) in [6.07, 6.45) is 1.93. The normalized spacial score (nSPS) is 24.4. The number of amides is 1. The molecule has 0 radical (unpaired) electrons. The Labute approximate surface area is 85.4 Å². The molecule has 1 aliphatic heterocycles. The summed E-state index contributed by atoms with van der Waals surface area (Å²) in [5.74, 6) is 0.213. The minimum atomic E-state index is 0.0442. The van der Waals surface area contributed by atoms with Crippen molar-refractivity contribution in [2.45, 2.75) is 25.8 Å². The zero-order valence-corrected chi connectivity index (χ0v) is 9.03. The number of hydrogen-bond donors (Lipinski definition) is 1. The minimum Gasteiger partial charge on any atom is -0.381 e. The number of ether oxygens (including phenoxy) is 1. The second-order valence-corrected chi connectivity index (χ2v) is 3.95. The van der Waals surface area contributed by atoms with Crippen LogP contribution >= 0.6 is 0 Å². The van der Waals surface area contributed by atoms with Crippen LogP contribution in [0.3, 0.4) is 0 Å². The second-order valence-electron chi connectivity index (χ2n) is 3.95. The van der Waals surface area contributed by atoms with Crippen LogP contribution in [0, 0.1) is 5.92 Å². The van der Waals surface area contributed by atoms with Crippen LogP contribution in [0.1, 0.15) is 19.8 Å². The second kappa shape index (κ2) is 5.32. The Hall–Kier alpha value is -0.610. The first-order valence-corrected chi connectivity index (χ1v) is 5.21. The van der Waals surface area contributed by atoms with Gasteiger partial charge in [0.05, 0.1) is 12.5 Å². The first kappa shape index (κ1) is 11.5. The maximum Gasteiger partial charge on any atom is 0.228 e. The number of carbonyl (C=O) groups excluding carboxylic acids is 1. The average Bonchev–Trinajstić information content (AvgIpc) is 2.27. The predicted octanol–water partition coefficient (Wildman–Crippen LogP) is 0.219. The van der Waals surface area contributed by atoms with E-state index in [0.717, 1.165) is 19.4 Å². The molecular formula is C10H20N2O2. The lowest BCUT2D eigenvalue weighted by Gasteiger charge is -2.30. The molecule has 1 heterocycles. The van der Waals surface area contributed by atoms with E-state index >= 15 is 0 Å². The van der Waals surface area contributed by atoms with Crippen LogP contribution in [0.15, 0.2) is 0 Å². The average molecular weight is 200 g/mol. The Morgan fingerprint density at radius 2 is 2.43 bits per heavy atom. The Morgan fingerprint density at radius 3 is 2.93 bits per heavy atom. The van der Waals surface area contributed by atoms with Gasteiger partial charge in [0, 0.05) is 26.2 Å². The molecule has 0 aromatic carbocycles. The molecule has 4 nitrogen and oxygen atoms in total. The fourth-order valence-corrected chi connectivity index (χ4v) is 1.60. The number of carbonyl (C=O) groups is 1. The van der Waals surface area contributed by atoms with Crippen molar-refractivity contribution >= 4 is 5.91 Å². The molecule has 1 rings (SSSR count). The summed E-state index contributed by atoms with van der Waals surface area (Å²) in [4.78, 5) is 13.6. The molecule has 2 N–H and O–H groups in total. The fourth-order valence-electron chi connectivity index (χ4n) is 1.60. The third kappa shape index (κ3) is 2.69. The molecule has 4 heteroatoms. The largest absolute Gasteiger partial charge is 0.381 e. The Morgan fingerprint density at radius 1 is 1.71 bits per heavy atom. The zero-order chi connectivity index (χ0) is 10.6. The molecule has 0 aliphatic carbocycles. The van der Waals surface area contributed by atoms with E-state index in [2.05, 4.69) is 0 Å². The first-order chi connectivity index (χ1) is 6.66. The molecule has 1 fully saturated rings. The van der Waals surface area contributed by atoms with Crippen molar-refractivity contribution in [3.63, 3.8) is 0 Å². The van der Waals surface area contributed by atoms with E-state index in [1.165, 1.54) is 0 Å². The van der Waals surface area contributed by atoms with Crippen molar-refractivity contribution in [3.8, 4) is 0 Å². The Bertz CT molecular complexity index is 187. The molecule has 14 heavy (non-hydrogen) atoms. The van der Waals surface area contributed by atoms with Gasteiger partial charge in [0.15, 0.2) is 0 Å². The van der Waals surface area contributed by atoms with Gasteiger partial charge in [0.1, 0.15) is 0 Å². The third-order valence-corrected chi connectivity index (χ3v) is 2.86. The number of nitrogens with zero attached hydrogens (tertiary/aromatic N) is 1. The summed E-state index contributed by atoms with van der Waals surface area (Å²) in [6.45, 7) is 3.83. The van der Waals surface area contributed by atoms with Crippen LogP contribution in [0.5, 0.6) is 0 Å². The lowest BCUT2D eigenvalue weighted by molar-refractivity contribution is -0.140. The SMILES string of the molecule is CC(CN)N(C)C(=O)C1CCCOC1. The van der Waals surface area contributed by atoms with E-state index < -0.39 is 0 Å². The quantitative estimate of drug-likeness (QED) is 0.709. The molecule has 1 amide bonds. The number of rotatable bonds is 3. The van der Waals surface area contributed by atoms with Crippen molar-refractivity contribution in [2.24, 2.45) is 11.7 Å². The molecule has 1 aliphatic rings. The fraction of sp³-hybridized carbons (Fsp3) is 0.900. The lowest BCUT2D eigenvalue weighted by Crippen LogP contribution is -2.44. The number of hydrogen-bond acceptors (Lipinski definition) is 3. The van der Waals surface area contributed by atoms with Crippen molar-refractivity contribution in [3.05, 3.63) is 0 Å². The van der Waals surface area contributed by atoms with Crippen LogP contribution in [0.2, 0.25) is 0 Å². The van der Waals surface area contributed by atoms with E-state index in [-0.39, 0.29) is 17.9 Å². The van der Waals surface area contributed by atoms with Crippen LogP contribution in [-0.4, -0.2) is 43.7 Å². The highest BCUT2D eigenvalue weighted by Crippen LogP contribution is 2.16. The molecule has 2 unspecified atom stereocenters. The number of nitrogens with two attached hydrogens (primary N) is 1. The minimum absolute atomic E-state index is 0.0442. The lowest BCUT2D eigenvalue weighted by atomic mass is 10.0. The van der Waals surface area contributed by atoms with Gasteiger partial charge in [-0.25, -0.2) is 0 Å². The molecule has 0 saturated carbocycles. The molecule has 1 saturated heterocycles. The smallest absolute Gasteiger partial charge is 0.228 e. The standard InChI is InChI=1S/C10H20N2O2/c1-8(6-11)12(2)10(13)9-4-3-5-14-7-9/h8-9H,3-7,11H2,1-2H3. The van der Waals surface area contributed by atoms with Gasteiger partial charge in [-0.1, -0.05) is 0 Å². The number of likely N-dealkylation sites (N-methyl/N-ethyl adjacent to an activating group) is 1. The van der Waals surface area contributed by atoms with E-state index in [0.29, 0.717) is 13.2 Å². The Kier molecular flexibility index (Phi) is 4.35. The van der Waals surface area contributed by atoms with Crippen molar-refractivity contribution in [1.82, 2.24) is 4.90 Å². The summed E-state index contributed by atoms with van der Waals surface area (Å²) < 4.78 is 5.29. The zero-order valence-electron chi connectivity index (χ0n) is 9.03. The van der Waals surface area contributed by atoms with Crippen molar-refractivity contribution < 1.29 is 9.53 Å². The van der Waals surface area contributed by atoms with Crippen LogP contribution in [0.4, 0.5) is 0 Å². The van der Waals surface area contributed by atoms with Gasteiger partial charge in [-0.3, -0.25) is 4.79 Å². The van der Waals surface area contributed by atoms with E-state index in [4.69, 9.17) is 10.5 Å². The first-order valence-electron chi connectivity index (χ1n) is 5.21. The maximum absolute atomic E-state index is 11.9. The van der Waals surface area contributed by atoms with E-state index in [9.17, 15) is 4.79 Å².